The first kappa shape index (κ1) is 12.8. The van der Waals surface area contributed by atoms with E-state index in [9.17, 15) is 0 Å². The molecule has 0 radical (unpaired) electrons. The molecule has 0 spiro atoms. The third-order valence-corrected chi connectivity index (χ3v) is 3.99. The highest BCUT2D eigenvalue weighted by Crippen LogP contribution is 2.30. The van der Waals surface area contributed by atoms with E-state index in [1.165, 1.54) is 19.4 Å². The minimum absolute atomic E-state index is 0.113. The average Bonchev–Trinajstić information content (AvgIpc) is 2.84. The molecule has 0 aromatic heterocycles. The van der Waals surface area contributed by atoms with Gasteiger partial charge in [0, 0.05) is 19.1 Å². The Balaban J connectivity index is 1.45. The second kappa shape index (κ2) is 5.80. The van der Waals surface area contributed by atoms with Gasteiger partial charge in [0.2, 0.25) is 0 Å². The van der Waals surface area contributed by atoms with Gasteiger partial charge in [-0.05, 0) is 38.6 Å². The number of likely N-dealkylation sites (tertiary alicyclic amines) is 1. The van der Waals surface area contributed by atoms with Crippen molar-refractivity contribution in [1.82, 2.24) is 10.2 Å². The minimum atomic E-state index is 0.113. The quantitative estimate of drug-likeness (QED) is 0.892. The fraction of sp³-hybridized carbons (Fsp3) is 0.600. The number of rotatable bonds is 4. The maximum absolute atomic E-state index is 5.92. The fourth-order valence-corrected chi connectivity index (χ4v) is 2.81. The SMILES string of the molecule is CN1CCCC1CNCC1COc2ccccc2O1. The Hall–Kier alpha value is -1.26. The fourth-order valence-electron chi connectivity index (χ4n) is 2.81. The summed E-state index contributed by atoms with van der Waals surface area (Å²) in [6.45, 7) is 3.74. The lowest BCUT2D eigenvalue weighted by Gasteiger charge is -2.27. The Bertz CT molecular complexity index is 424. The Morgan fingerprint density at radius 1 is 1.26 bits per heavy atom. The van der Waals surface area contributed by atoms with Crippen molar-refractivity contribution >= 4 is 0 Å². The first-order chi connectivity index (χ1) is 9.33. The third-order valence-electron chi connectivity index (χ3n) is 3.99. The zero-order valence-corrected chi connectivity index (χ0v) is 11.5. The molecular weight excluding hydrogens is 240 g/mol. The predicted molar refractivity (Wildman–Crippen MR) is 74.9 cm³/mol. The standard InChI is InChI=1S/C15H22N2O2/c1-17-8-4-5-12(17)9-16-10-13-11-18-14-6-2-3-7-15(14)19-13/h2-3,6-7,12-13,16H,4-5,8-11H2,1H3. The van der Waals surface area contributed by atoms with Crippen LogP contribution in [-0.4, -0.2) is 50.3 Å². The summed E-state index contributed by atoms with van der Waals surface area (Å²) in [6, 6.07) is 8.54. The molecule has 2 aliphatic rings. The van der Waals surface area contributed by atoms with Crippen LogP contribution in [0.15, 0.2) is 24.3 Å². The lowest BCUT2D eigenvalue weighted by molar-refractivity contribution is 0.0892. The molecule has 3 rings (SSSR count). The van der Waals surface area contributed by atoms with E-state index < -0.39 is 0 Å². The summed E-state index contributed by atoms with van der Waals surface area (Å²) in [5.41, 5.74) is 0. The first-order valence-corrected chi connectivity index (χ1v) is 7.12. The molecule has 1 fully saturated rings. The minimum Gasteiger partial charge on any atom is -0.486 e. The predicted octanol–water partition coefficient (Wildman–Crippen LogP) is 1.51. The Labute approximate surface area is 114 Å². The van der Waals surface area contributed by atoms with Gasteiger partial charge < -0.3 is 19.7 Å². The van der Waals surface area contributed by atoms with Crippen molar-refractivity contribution in [3.05, 3.63) is 24.3 Å². The number of nitrogens with one attached hydrogen (secondary N) is 1. The summed E-state index contributed by atoms with van der Waals surface area (Å²) in [5.74, 6) is 1.72. The Morgan fingerprint density at radius 3 is 2.89 bits per heavy atom. The molecular formula is C15H22N2O2. The lowest BCUT2D eigenvalue weighted by Crippen LogP contribution is -2.43. The van der Waals surface area contributed by atoms with Crippen LogP contribution in [0.3, 0.4) is 0 Å². The normalized spacial score (nSPS) is 26.6. The van der Waals surface area contributed by atoms with Gasteiger partial charge in [0.15, 0.2) is 11.5 Å². The van der Waals surface area contributed by atoms with Crippen LogP contribution in [-0.2, 0) is 0 Å². The molecule has 0 aliphatic carbocycles. The first-order valence-electron chi connectivity index (χ1n) is 7.12. The molecule has 2 unspecified atom stereocenters. The molecule has 1 aromatic carbocycles. The van der Waals surface area contributed by atoms with Crippen molar-refractivity contribution < 1.29 is 9.47 Å². The van der Waals surface area contributed by atoms with E-state index in [0.29, 0.717) is 12.6 Å². The van der Waals surface area contributed by atoms with E-state index in [1.807, 2.05) is 24.3 Å². The summed E-state index contributed by atoms with van der Waals surface area (Å²) >= 11 is 0. The third kappa shape index (κ3) is 3.01. The van der Waals surface area contributed by atoms with Crippen LogP contribution < -0.4 is 14.8 Å². The molecule has 0 amide bonds. The van der Waals surface area contributed by atoms with Crippen molar-refractivity contribution in [2.45, 2.75) is 25.0 Å². The molecule has 2 aliphatic heterocycles. The zero-order chi connectivity index (χ0) is 13.1. The Morgan fingerprint density at radius 2 is 2.11 bits per heavy atom. The maximum atomic E-state index is 5.92. The van der Waals surface area contributed by atoms with Crippen LogP contribution in [0.25, 0.3) is 0 Å². The van der Waals surface area contributed by atoms with Crippen LogP contribution >= 0.6 is 0 Å². The number of nitrogens with zero attached hydrogens (tertiary/aromatic N) is 1. The van der Waals surface area contributed by atoms with Gasteiger partial charge in [-0.3, -0.25) is 0 Å². The average molecular weight is 262 g/mol. The summed E-state index contributed by atoms with van der Waals surface area (Å²) < 4.78 is 11.6. The van der Waals surface area contributed by atoms with Gasteiger partial charge in [-0.15, -0.1) is 0 Å². The van der Waals surface area contributed by atoms with Gasteiger partial charge >= 0.3 is 0 Å². The van der Waals surface area contributed by atoms with Crippen LogP contribution in [0.5, 0.6) is 11.5 Å². The van der Waals surface area contributed by atoms with Crippen LogP contribution in [0, 0.1) is 0 Å². The molecule has 1 N–H and O–H groups in total. The highest BCUT2D eigenvalue weighted by Gasteiger charge is 2.23. The number of hydrogen-bond acceptors (Lipinski definition) is 4. The van der Waals surface area contributed by atoms with Crippen molar-refractivity contribution in [2.24, 2.45) is 0 Å². The second-order valence-electron chi connectivity index (χ2n) is 5.43. The monoisotopic (exact) mass is 262 g/mol. The summed E-state index contributed by atoms with van der Waals surface area (Å²) in [4.78, 5) is 2.43. The second-order valence-corrected chi connectivity index (χ2v) is 5.43. The van der Waals surface area contributed by atoms with Crippen LogP contribution in [0.1, 0.15) is 12.8 Å². The van der Waals surface area contributed by atoms with Gasteiger partial charge in [0.05, 0.1) is 0 Å². The van der Waals surface area contributed by atoms with Gasteiger partial charge in [-0.1, -0.05) is 12.1 Å². The summed E-state index contributed by atoms with van der Waals surface area (Å²) in [6.07, 6.45) is 2.73. The number of fused-ring (bicyclic) bond motifs is 1. The Kier molecular flexibility index (Phi) is 3.89. The molecule has 0 saturated carbocycles. The number of hydrogen-bond donors (Lipinski definition) is 1. The van der Waals surface area contributed by atoms with Gasteiger partial charge in [-0.2, -0.15) is 0 Å². The van der Waals surface area contributed by atoms with Crippen molar-refractivity contribution in [3.8, 4) is 11.5 Å². The highest BCUT2D eigenvalue weighted by atomic mass is 16.6. The summed E-state index contributed by atoms with van der Waals surface area (Å²) in [5, 5.41) is 3.51. The smallest absolute Gasteiger partial charge is 0.161 e. The highest BCUT2D eigenvalue weighted by molar-refractivity contribution is 5.40. The van der Waals surface area contributed by atoms with Gasteiger partial charge in [-0.25, -0.2) is 0 Å². The van der Waals surface area contributed by atoms with E-state index in [1.54, 1.807) is 0 Å². The molecule has 104 valence electrons. The molecule has 4 heteroatoms. The van der Waals surface area contributed by atoms with E-state index in [2.05, 4.69) is 17.3 Å². The van der Waals surface area contributed by atoms with E-state index >= 15 is 0 Å². The zero-order valence-electron chi connectivity index (χ0n) is 11.5. The molecule has 1 aromatic rings. The molecule has 2 atom stereocenters. The van der Waals surface area contributed by atoms with E-state index in [-0.39, 0.29) is 6.10 Å². The molecule has 2 heterocycles. The molecule has 1 saturated heterocycles. The van der Waals surface area contributed by atoms with Crippen molar-refractivity contribution in [2.75, 3.05) is 33.3 Å². The van der Waals surface area contributed by atoms with Crippen LogP contribution in [0.4, 0.5) is 0 Å². The molecule has 4 nitrogen and oxygen atoms in total. The molecule has 0 bridgehead atoms. The van der Waals surface area contributed by atoms with Gasteiger partial charge in [0.1, 0.15) is 12.7 Å². The van der Waals surface area contributed by atoms with E-state index in [4.69, 9.17) is 9.47 Å². The number of likely N-dealkylation sites (N-methyl/N-ethyl adjacent to an activating group) is 1. The van der Waals surface area contributed by atoms with E-state index in [0.717, 1.165) is 24.6 Å². The lowest BCUT2D eigenvalue weighted by atomic mass is 10.2. The largest absolute Gasteiger partial charge is 0.486 e. The van der Waals surface area contributed by atoms with Crippen molar-refractivity contribution in [3.63, 3.8) is 0 Å². The summed E-state index contributed by atoms with van der Waals surface area (Å²) in [7, 11) is 2.20. The number of para-hydroxylation sites is 2. The number of benzene rings is 1. The maximum Gasteiger partial charge on any atom is 0.161 e. The van der Waals surface area contributed by atoms with Crippen LogP contribution in [0.2, 0.25) is 0 Å². The van der Waals surface area contributed by atoms with Gasteiger partial charge in [0.25, 0.3) is 0 Å². The van der Waals surface area contributed by atoms with Crippen molar-refractivity contribution in [1.29, 1.82) is 0 Å². The molecule has 19 heavy (non-hydrogen) atoms. The topological polar surface area (TPSA) is 33.7 Å². The number of ether oxygens (including phenoxy) is 2.